The SMILES string of the molecule is CC1(C)CC(=O)Nc2cc([N+](=O)[O-])c(N)cc21. The molecule has 1 aliphatic heterocycles. The molecule has 0 atom stereocenters. The van der Waals surface area contributed by atoms with Crippen LogP contribution in [0.4, 0.5) is 17.1 Å². The molecular formula is C11H13N3O3. The minimum absolute atomic E-state index is 0.123. The second-order valence-corrected chi connectivity index (χ2v) is 4.82. The van der Waals surface area contributed by atoms with E-state index in [2.05, 4.69) is 5.32 Å². The summed E-state index contributed by atoms with van der Waals surface area (Å²) in [6.07, 6.45) is 0.344. The summed E-state index contributed by atoms with van der Waals surface area (Å²) >= 11 is 0. The Kier molecular flexibility index (Phi) is 2.30. The zero-order valence-corrected chi connectivity index (χ0v) is 9.61. The number of hydrogen-bond acceptors (Lipinski definition) is 4. The van der Waals surface area contributed by atoms with Crippen LogP contribution in [0.5, 0.6) is 0 Å². The molecule has 0 spiro atoms. The molecule has 17 heavy (non-hydrogen) atoms. The third-order valence-electron chi connectivity index (χ3n) is 2.97. The molecule has 1 aromatic carbocycles. The average molecular weight is 235 g/mol. The molecule has 0 aliphatic carbocycles. The van der Waals surface area contributed by atoms with Gasteiger partial charge in [-0.15, -0.1) is 0 Å². The van der Waals surface area contributed by atoms with Crippen molar-refractivity contribution in [1.29, 1.82) is 0 Å². The number of nitrogens with zero attached hydrogens (tertiary/aromatic N) is 1. The molecular weight excluding hydrogens is 222 g/mol. The minimum atomic E-state index is -0.552. The third-order valence-corrected chi connectivity index (χ3v) is 2.97. The molecule has 0 saturated carbocycles. The average Bonchev–Trinajstić information content (AvgIpc) is 2.17. The van der Waals surface area contributed by atoms with Gasteiger partial charge in [-0.05, 0) is 11.6 Å². The predicted molar refractivity (Wildman–Crippen MR) is 63.8 cm³/mol. The zero-order chi connectivity index (χ0) is 12.8. The van der Waals surface area contributed by atoms with E-state index in [4.69, 9.17) is 5.73 Å². The first-order valence-electron chi connectivity index (χ1n) is 5.19. The fourth-order valence-electron chi connectivity index (χ4n) is 2.12. The first kappa shape index (κ1) is 11.4. The molecule has 1 aliphatic rings. The topological polar surface area (TPSA) is 98.3 Å². The molecule has 90 valence electrons. The van der Waals surface area contributed by atoms with Crippen LogP contribution in [0.25, 0.3) is 0 Å². The number of nitro groups is 1. The molecule has 1 amide bonds. The second-order valence-electron chi connectivity index (χ2n) is 4.82. The molecule has 6 nitrogen and oxygen atoms in total. The first-order valence-corrected chi connectivity index (χ1v) is 5.19. The number of hydrogen-bond donors (Lipinski definition) is 2. The van der Waals surface area contributed by atoms with Gasteiger partial charge in [-0.3, -0.25) is 14.9 Å². The number of nitrogens with one attached hydrogen (secondary N) is 1. The number of nitrogens with two attached hydrogens (primary N) is 1. The lowest BCUT2D eigenvalue weighted by molar-refractivity contribution is -0.383. The number of carbonyl (C=O) groups is 1. The van der Waals surface area contributed by atoms with E-state index in [1.165, 1.54) is 6.07 Å². The second kappa shape index (κ2) is 3.44. The highest BCUT2D eigenvalue weighted by atomic mass is 16.6. The van der Waals surface area contributed by atoms with Gasteiger partial charge in [0.05, 0.1) is 10.6 Å². The Morgan fingerprint density at radius 3 is 2.71 bits per heavy atom. The van der Waals surface area contributed by atoms with E-state index >= 15 is 0 Å². The van der Waals surface area contributed by atoms with Gasteiger partial charge in [0.25, 0.3) is 5.69 Å². The van der Waals surface area contributed by atoms with Crippen molar-refractivity contribution in [1.82, 2.24) is 0 Å². The van der Waals surface area contributed by atoms with Crippen LogP contribution in [0.15, 0.2) is 12.1 Å². The number of amides is 1. The van der Waals surface area contributed by atoms with Gasteiger partial charge in [0.1, 0.15) is 5.69 Å². The smallest absolute Gasteiger partial charge is 0.294 e. The monoisotopic (exact) mass is 235 g/mol. The van der Waals surface area contributed by atoms with Crippen molar-refractivity contribution >= 4 is 23.0 Å². The highest BCUT2D eigenvalue weighted by Gasteiger charge is 2.33. The van der Waals surface area contributed by atoms with Crippen molar-refractivity contribution in [2.75, 3.05) is 11.1 Å². The summed E-state index contributed by atoms with van der Waals surface area (Å²) in [7, 11) is 0. The van der Waals surface area contributed by atoms with Crippen molar-refractivity contribution in [3.63, 3.8) is 0 Å². The van der Waals surface area contributed by atoms with E-state index in [9.17, 15) is 14.9 Å². The van der Waals surface area contributed by atoms with Crippen molar-refractivity contribution in [3.8, 4) is 0 Å². The molecule has 1 heterocycles. The van der Waals surface area contributed by atoms with Gasteiger partial charge in [0.15, 0.2) is 0 Å². The van der Waals surface area contributed by atoms with Gasteiger partial charge in [-0.2, -0.15) is 0 Å². The van der Waals surface area contributed by atoms with E-state index in [-0.39, 0.29) is 22.7 Å². The van der Waals surface area contributed by atoms with Crippen molar-refractivity contribution in [2.24, 2.45) is 0 Å². The van der Waals surface area contributed by atoms with Gasteiger partial charge in [-0.1, -0.05) is 13.8 Å². The molecule has 6 heteroatoms. The molecule has 0 radical (unpaired) electrons. The van der Waals surface area contributed by atoms with E-state index in [1.54, 1.807) is 6.07 Å². The number of rotatable bonds is 1. The van der Waals surface area contributed by atoms with E-state index in [0.29, 0.717) is 12.1 Å². The Labute approximate surface area is 98.0 Å². The summed E-state index contributed by atoms with van der Waals surface area (Å²) in [6.45, 7) is 3.83. The quantitative estimate of drug-likeness (QED) is 0.440. The lowest BCUT2D eigenvalue weighted by Gasteiger charge is -2.32. The summed E-state index contributed by atoms with van der Waals surface area (Å²) in [5.74, 6) is -0.137. The zero-order valence-electron chi connectivity index (χ0n) is 9.61. The van der Waals surface area contributed by atoms with Crippen molar-refractivity contribution < 1.29 is 9.72 Å². The molecule has 0 unspecified atom stereocenters. The number of anilines is 2. The molecule has 0 fully saturated rings. The van der Waals surface area contributed by atoms with Gasteiger partial charge >= 0.3 is 0 Å². The molecule has 1 aromatic rings. The Morgan fingerprint density at radius 2 is 2.12 bits per heavy atom. The number of carbonyl (C=O) groups excluding carboxylic acids is 1. The highest BCUT2D eigenvalue weighted by molar-refractivity contribution is 5.96. The Hall–Kier alpha value is -2.11. The van der Waals surface area contributed by atoms with Crippen LogP contribution in [-0.2, 0) is 10.2 Å². The van der Waals surface area contributed by atoms with Gasteiger partial charge in [-0.25, -0.2) is 0 Å². The molecule has 0 aromatic heterocycles. The Bertz CT molecular complexity index is 523. The fourth-order valence-corrected chi connectivity index (χ4v) is 2.12. The van der Waals surface area contributed by atoms with Crippen LogP contribution < -0.4 is 11.1 Å². The summed E-state index contributed by atoms with van der Waals surface area (Å²) in [6, 6.07) is 2.90. The molecule has 0 saturated heterocycles. The van der Waals surface area contributed by atoms with Crippen molar-refractivity contribution in [2.45, 2.75) is 25.7 Å². The number of nitro benzene ring substituents is 1. The van der Waals surface area contributed by atoms with Crippen LogP contribution in [0.1, 0.15) is 25.8 Å². The summed E-state index contributed by atoms with van der Waals surface area (Å²) in [4.78, 5) is 21.7. The summed E-state index contributed by atoms with van der Waals surface area (Å²) in [5, 5.41) is 13.4. The largest absolute Gasteiger partial charge is 0.393 e. The highest BCUT2D eigenvalue weighted by Crippen LogP contribution is 2.41. The Balaban J connectivity index is 2.64. The summed E-state index contributed by atoms with van der Waals surface area (Å²) in [5.41, 5.74) is 6.54. The van der Waals surface area contributed by atoms with E-state index < -0.39 is 4.92 Å². The van der Waals surface area contributed by atoms with Gasteiger partial charge in [0.2, 0.25) is 5.91 Å². The lowest BCUT2D eigenvalue weighted by Crippen LogP contribution is -2.32. The van der Waals surface area contributed by atoms with Crippen LogP contribution in [0, 0.1) is 10.1 Å². The molecule has 3 N–H and O–H groups in total. The number of benzene rings is 1. The fraction of sp³-hybridized carbons (Fsp3) is 0.364. The normalized spacial score (nSPS) is 17.2. The van der Waals surface area contributed by atoms with Crippen LogP contribution in [-0.4, -0.2) is 10.8 Å². The minimum Gasteiger partial charge on any atom is -0.393 e. The van der Waals surface area contributed by atoms with Crippen molar-refractivity contribution in [3.05, 3.63) is 27.8 Å². The number of fused-ring (bicyclic) bond motifs is 1. The van der Waals surface area contributed by atoms with E-state index in [0.717, 1.165) is 5.56 Å². The van der Waals surface area contributed by atoms with Crippen LogP contribution in [0.2, 0.25) is 0 Å². The van der Waals surface area contributed by atoms with Gasteiger partial charge < -0.3 is 11.1 Å². The maximum atomic E-state index is 11.5. The van der Waals surface area contributed by atoms with Crippen LogP contribution >= 0.6 is 0 Å². The molecule has 2 rings (SSSR count). The van der Waals surface area contributed by atoms with Crippen LogP contribution in [0.3, 0.4) is 0 Å². The van der Waals surface area contributed by atoms with E-state index in [1.807, 2.05) is 13.8 Å². The standard InChI is InChI=1S/C11H13N3O3/c1-11(2)5-10(15)13-8-4-9(14(16)17)7(12)3-6(8)11/h3-4H,5,12H2,1-2H3,(H,13,15). The maximum absolute atomic E-state index is 11.5. The summed E-state index contributed by atoms with van der Waals surface area (Å²) < 4.78 is 0. The first-order chi connectivity index (χ1) is 7.81. The Morgan fingerprint density at radius 1 is 1.47 bits per heavy atom. The lowest BCUT2D eigenvalue weighted by atomic mass is 9.77. The molecule has 0 bridgehead atoms. The third kappa shape index (κ3) is 1.82. The maximum Gasteiger partial charge on any atom is 0.294 e. The van der Waals surface area contributed by atoms with Gasteiger partial charge in [0, 0.05) is 17.9 Å². The predicted octanol–water partition coefficient (Wildman–Crippen LogP) is 1.80. The number of nitrogen functional groups attached to an aromatic ring is 1.